The van der Waals surface area contributed by atoms with E-state index in [1.54, 1.807) is 172 Å². The van der Waals surface area contributed by atoms with Crippen LogP contribution in [0.2, 0.25) is 25.1 Å². The Labute approximate surface area is 874 Å². The molecule has 6 aromatic heterocycles. The molecule has 0 bridgehead atoms. The van der Waals surface area contributed by atoms with Gasteiger partial charge < -0.3 is 34.7 Å². The lowest BCUT2D eigenvalue weighted by Crippen LogP contribution is -2.21. The molecule has 0 saturated carbocycles. The summed E-state index contributed by atoms with van der Waals surface area (Å²) in [5, 5.41) is 69.6. The number of thiophene rings is 5. The molecule has 6 heterocycles. The number of nitrogens with zero attached hydrogens (tertiary/aromatic N) is 2. The number of furan rings is 1. The van der Waals surface area contributed by atoms with Crippen LogP contribution in [0.5, 0.6) is 0 Å². The van der Waals surface area contributed by atoms with E-state index in [0.29, 0.717) is 124 Å². The van der Waals surface area contributed by atoms with Crippen molar-refractivity contribution in [2.24, 2.45) is 5.92 Å². The minimum absolute atomic E-state index is 0.0191. The lowest BCUT2D eigenvalue weighted by molar-refractivity contribution is -0.144. The zero-order chi connectivity index (χ0) is 103. The maximum Gasteiger partial charge on any atom is 0.337 e. The van der Waals surface area contributed by atoms with Gasteiger partial charge in [-0.15, -0.1) is 56.7 Å². The van der Waals surface area contributed by atoms with Crippen LogP contribution in [0.15, 0.2) is 291 Å². The van der Waals surface area contributed by atoms with Crippen LogP contribution in [-0.4, -0.2) is 96.4 Å². The molecule has 0 aliphatic heterocycles. The van der Waals surface area contributed by atoms with Gasteiger partial charge in [-0.25, -0.2) is 33.2 Å². The number of para-hydroxylation sites is 2. The Kier molecular flexibility index (Phi) is 39.5. The normalized spacial score (nSPS) is 11.1. The summed E-state index contributed by atoms with van der Waals surface area (Å²) in [7, 11) is 0. The summed E-state index contributed by atoms with van der Waals surface area (Å²) in [4.78, 5) is 140. The third-order valence-corrected chi connectivity index (χ3v) is 29.6. The van der Waals surface area contributed by atoms with Crippen LogP contribution in [0.25, 0.3) is 57.6 Å². The average Bonchev–Trinajstić information content (AvgIpc) is 1.67. The molecule has 20 nitrogen and oxygen atoms in total. The predicted molar refractivity (Wildman–Crippen MR) is 565 cm³/mol. The van der Waals surface area contributed by atoms with Gasteiger partial charge in [0, 0.05) is 111 Å². The molecule has 16 aromatic rings. The number of Topliss-reactive ketones (excluding diaryl/α,β-unsaturated/α-hetero) is 5. The highest BCUT2D eigenvalue weighted by molar-refractivity contribution is 9.10. The van der Waals surface area contributed by atoms with Gasteiger partial charge in [0.15, 0.2) is 29.2 Å². The molecule has 10 aromatic carbocycles. The molecule has 0 spiro atoms. The minimum Gasteiger partial charge on any atom is -0.478 e. The Bertz CT molecular complexity index is 7410. The second-order valence-corrected chi connectivity index (χ2v) is 39.6. The fourth-order valence-electron chi connectivity index (χ4n) is 15.1. The molecule has 32 heteroatoms. The molecule has 1 unspecified atom stereocenters. The standard InChI is InChI=1S/C24H18O6S.C22H19BrO3S.C22H15Cl2NO3S.C22H16ClNO3S.C21H15Cl2FO3S/c25-18(20-10-16-8-4-5-9-19(16)30-20)12-21-23(24(27)28)17(14-31-21)11-22(26)29-13-15-6-2-1-3-7-15;1-2-14-4-3-5-15(10-14)11-19(24)12-17-13-27-21(20(17)22(25)26)16-6-8-18(23)9-7-16;23-17-7-5-13(6-8-17)21-20(22(27)28)16(12-29-21)10-19(26)15(11-25)9-14-3-1-2-4-18(14)24;1-24-19-5-3-2-4-14(19)8-11-18(25)12-16-13-28-21(20(16)22(26)27)15-6-9-17(23)10-7-15;22-15-7-5-12(6-8-15)20-19(21(26)27)14(11-28-20)10-18(25)17(24)9-13-3-1-2-4-16(13)23/h1-10,14H,11-13H2,(H,27,28);3-10,13H,2,11-12H2,1H3,(H,25,26);1-8,12,15H,9-10H2,(H,27,28);2-7,9-10,13H,8,11-12H2,(H,26,27);1-8,11,17H,9-10H2,(H,26,27)/t;;;;17-/m....1/s1. The molecule has 0 saturated heterocycles. The number of hydrogen-bond donors (Lipinski definition) is 5. The zero-order valence-electron chi connectivity index (χ0n) is 75.6. The number of ether oxygens (including phenoxy) is 1. The Hall–Kier alpha value is -13.8. The maximum absolute atomic E-state index is 14.5. The first kappa shape index (κ1) is 108. The number of rotatable bonds is 36. The number of carboxylic acids is 5. The molecule has 0 aliphatic carbocycles. The SMILES string of the molecule is CCc1cccc(CC(=O)Cc2csc(-c3ccc(Br)cc3)c2C(=O)O)c1.N#CC(Cc1ccccc1Cl)C(=O)Cc1csc(-c2ccc(Cl)cc2)c1C(=O)O.O=C(Cc1csc(CC(=O)c2cc3ccccc3o2)c1C(=O)O)OCc1ccccc1.O=C(O)c1c(CC(=O)[C@H](F)Cc2ccccc2Cl)csc1-c1ccc(Cl)cc1.[C-]#[N+]c1ccccc1CCC(=O)Cc1csc(-c2ccc(Cl)cc2)c1C(=O)O. The first-order chi connectivity index (χ1) is 68.7. The van der Waals surface area contributed by atoms with Crippen molar-refractivity contribution >= 4 is 212 Å². The average molecular weight is 2170 g/mol. The third kappa shape index (κ3) is 30.0. The number of aromatic carboxylic acids is 5. The largest absolute Gasteiger partial charge is 0.478 e. The highest BCUT2D eigenvalue weighted by Crippen LogP contribution is 2.41. The van der Waals surface area contributed by atoms with Crippen molar-refractivity contribution in [2.75, 3.05) is 0 Å². The first-order valence-corrected chi connectivity index (χ1v) is 50.9. The van der Waals surface area contributed by atoms with Crippen molar-refractivity contribution in [3.63, 3.8) is 0 Å². The van der Waals surface area contributed by atoms with Crippen LogP contribution < -0.4 is 0 Å². The summed E-state index contributed by atoms with van der Waals surface area (Å²) < 4.78 is 26.3. The number of carbonyl (C=O) groups excluding carboxylic acids is 6. The summed E-state index contributed by atoms with van der Waals surface area (Å²) in [6.45, 7) is 9.38. The third-order valence-electron chi connectivity index (χ3n) is 22.2. The van der Waals surface area contributed by atoms with Crippen LogP contribution in [0.3, 0.4) is 0 Å². The van der Waals surface area contributed by atoms with Gasteiger partial charge in [0.25, 0.3) is 0 Å². The number of alkyl halides is 1. The number of ketones is 5. The zero-order valence-corrected chi connectivity index (χ0v) is 85.1. The second-order valence-electron chi connectivity index (χ2n) is 32.1. The van der Waals surface area contributed by atoms with E-state index >= 15 is 0 Å². The Balaban J connectivity index is 0.000000160. The fourth-order valence-corrected chi connectivity index (χ4v) is 21.5. The van der Waals surface area contributed by atoms with Crippen LogP contribution in [0, 0.1) is 23.8 Å². The molecule has 16 rings (SSSR count). The summed E-state index contributed by atoms with van der Waals surface area (Å²) >= 11 is 39.5. The molecule has 0 radical (unpaired) electrons. The van der Waals surface area contributed by atoms with E-state index in [-0.39, 0.29) is 121 Å². The molecule has 5 N–H and O–H groups in total. The van der Waals surface area contributed by atoms with Gasteiger partial charge in [0.05, 0.1) is 46.9 Å². The van der Waals surface area contributed by atoms with Crippen molar-refractivity contribution in [1.29, 1.82) is 5.26 Å². The predicted octanol–water partition coefficient (Wildman–Crippen LogP) is 28.8. The highest BCUT2D eigenvalue weighted by atomic mass is 79.9. The number of carboxylic acid groups (broad SMARTS) is 5. The number of esters is 1. The summed E-state index contributed by atoms with van der Waals surface area (Å²) in [6, 6.07) is 77.2. The van der Waals surface area contributed by atoms with Crippen LogP contribution in [-0.2, 0) is 106 Å². The number of benzene rings is 10. The number of fused-ring (bicyclic) bond motifs is 1. The first-order valence-electron chi connectivity index (χ1n) is 43.8. The molecular formula is C111H83BrCl5FN2O18S5. The number of nitriles is 1. The Morgan fingerprint density at radius 3 is 1.31 bits per heavy atom. The van der Waals surface area contributed by atoms with E-state index in [4.69, 9.17) is 73.7 Å². The Morgan fingerprint density at radius 2 is 0.839 bits per heavy atom. The number of hydrogen-bond acceptors (Lipinski definition) is 19. The van der Waals surface area contributed by atoms with Gasteiger partial charge in [-0.05, 0) is 202 Å². The van der Waals surface area contributed by atoms with E-state index in [0.717, 1.165) is 55.4 Å². The smallest absolute Gasteiger partial charge is 0.337 e. The van der Waals surface area contributed by atoms with Crippen LogP contribution >= 0.6 is 131 Å². The van der Waals surface area contributed by atoms with Crippen molar-refractivity contribution in [3.8, 4) is 47.8 Å². The van der Waals surface area contributed by atoms with E-state index < -0.39 is 53.7 Å². The van der Waals surface area contributed by atoms with E-state index in [1.165, 1.54) is 50.9 Å². The van der Waals surface area contributed by atoms with Crippen molar-refractivity contribution in [1.82, 2.24) is 0 Å². The highest BCUT2D eigenvalue weighted by Gasteiger charge is 2.31. The lowest BCUT2D eigenvalue weighted by atomic mass is 9.92. The molecule has 2 atom stereocenters. The van der Waals surface area contributed by atoms with Crippen LogP contribution in [0.1, 0.15) is 142 Å². The molecule has 0 amide bonds. The molecule has 724 valence electrons. The maximum atomic E-state index is 14.5. The van der Waals surface area contributed by atoms with E-state index in [1.807, 2.05) is 115 Å². The summed E-state index contributed by atoms with van der Waals surface area (Å²) in [5.74, 6) is -8.12. The Morgan fingerprint density at radius 1 is 0.427 bits per heavy atom. The monoisotopic (exact) mass is 2160 g/mol. The van der Waals surface area contributed by atoms with E-state index in [9.17, 15) is 87.9 Å². The molecule has 0 aliphatic rings. The number of aryl methyl sites for hydroxylation is 2. The van der Waals surface area contributed by atoms with Crippen molar-refractivity contribution in [3.05, 3.63) is 422 Å². The quantitative estimate of drug-likeness (QED) is 0.0138. The lowest BCUT2D eigenvalue weighted by Gasteiger charge is -2.10. The van der Waals surface area contributed by atoms with Gasteiger partial charge in [-0.2, -0.15) is 5.26 Å². The minimum atomic E-state index is -1.76. The van der Waals surface area contributed by atoms with Gasteiger partial charge in [0.1, 0.15) is 29.7 Å². The topological polar surface area (TPSA) is 339 Å². The number of carbonyl (C=O) groups is 11. The summed E-state index contributed by atoms with van der Waals surface area (Å²) in [5.41, 5.74) is 11.8. The van der Waals surface area contributed by atoms with Gasteiger partial charge in [-0.1, -0.05) is 263 Å². The molecular weight excluding hydrogens is 2090 g/mol. The van der Waals surface area contributed by atoms with E-state index in [2.05, 4.69) is 27.7 Å². The van der Waals surface area contributed by atoms with Gasteiger partial charge in [-0.3, -0.25) is 28.8 Å². The van der Waals surface area contributed by atoms with Crippen molar-refractivity contribution < 1.29 is 91.8 Å². The van der Waals surface area contributed by atoms with Crippen molar-refractivity contribution in [2.45, 2.75) is 96.8 Å². The molecule has 0 fully saturated rings. The van der Waals surface area contributed by atoms with Gasteiger partial charge in [0.2, 0.25) is 5.78 Å². The fraction of sp³-hybridized carbons (Fsp3) is 0.144. The molecule has 143 heavy (non-hydrogen) atoms. The van der Waals surface area contributed by atoms with Gasteiger partial charge >= 0.3 is 35.8 Å². The summed E-state index contributed by atoms with van der Waals surface area (Å²) in [6.07, 6.45) is -0.285. The number of halogens is 7. The van der Waals surface area contributed by atoms with Crippen LogP contribution in [0.4, 0.5) is 10.1 Å². The second kappa shape index (κ2) is 52.3.